The first-order valence-corrected chi connectivity index (χ1v) is 5.45. The van der Waals surface area contributed by atoms with Gasteiger partial charge in [-0.3, -0.25) is 4.21 Å². The predicted octanol–water partition coefficient (Wildman–Crippen LogP) is 0.776. The average molecular weight is 188 g/mol. The Morgan fingerprint density at radius 3 is 2.58 bits per heavy atom. The number of unbranched alkanes of at least 4 members (excludes halogenated alkanes) is 1. The zero-order valence-corrected chi connectivity index (χ0v) is 8.49. The van der Waals surface area contributed by atoms with Gasteiger partial charge in [0.2, 0.25) is 0 Å². The van der Waals surface area contributed by atoms with E-state index in [2.05, 4.69) is 0 Å². The Morgan fingerprint density at radius 2 is 2.17 bits per heavy atom. The molecule has 3 nitrogen and oxygen atoms in total. The maximum Gasteiger partial charge on any atom is 0.0622 e. The maximum atomic E-state index is 11.3. The highest BCUT2D eigenvalue weighted by atomic mass is 32.2. The van der Waals surface area contributed by atoms with Crippen molar-refractivity contribution >= 4 is 10.8 Å². The molecule has 0 bridgehead atoms. The molecule has 70 valence electrons. The van der Waals surface area contributed by atoms with Crippen molar-refractivity contribution in [1.82, 2.24) is 0 Å². The molecule has 0 aromatic carbocycles. The van der Waals surface area contributed by atoms with Crippen molar-refractivity contribution < 1.29 is 4.21 Å². The van der Waals surface area contributed by atoms with Crippen LogP contribution in [0, 0.1) is 11.3 Å². The van der Waals surface area contributed by atoms with Crippen LogP contribution >= 0.6 is 0 Å². The van der Waals surface area contributed by atoms with Gasteiger partial charge >= 0.3 is 0 Å². The van der Waals surface area contributed by atoms with E-state index in [4.69, 9.17) is 11.0 Å². The van der Waals surface area contributed by atoms with E-state index in [1.54, 1.807) is 0 Å². The Balaban J connectivity index is 3.56. The fraction of sp³-hybridized carbons (Fsp3) is 0.875. The molecule has 0 spiro atoms. The first-order chi connectivity index (χ1) is 5.45. The molecule has 1 atom stereocenters. The molecule has 0 aliphatic heterocycles. The molecule has 0 saturated heterocycles. The number of rotatable bonds is 5. The van der Waals surface area contributed by atoms with Gasteiger partial charge in [-0.1, -0.05) is 0 Å². The number of hydrogen-bond acceptors (Lipinski definition) is 3. The summed E-state index contributed by atoms with van der Waals surface area (Å²) in [5.41, 5.74) is 5.32. The van der Waals surface area contributed by atoms with Crippen molar-refractivity contribution in [3.8, 4) is 6.07 Å². The summed E-state index contributed by atoms with van der Waals surface area (Å²) in [5, 5.41) is 8.24. The standard InChI is InChI=1S/C8H16N2OS/c1-8(2,10)7-12(11)6-4-3-5-9/h3-4,6-7,10H2,1-2H3. The van der Waals surface area contributed by atoms with Crippen LogP contribution in [0.3, 0.4) is 0 Å². The van der Waals surface area contributed by atoms with Gasteiger partial charge in [-0.25, -0.2) is 0 Å². The van der Waals surface area contributed by atoms with E-state index in [1.807, 2.05) is 19.9 Å². The molecule has 0 rings (SSSR count). The van der Waals surface area contributed by atoms with Crippen molar-refractivity contribution in [1.29, 1.82) is 5.26 Å². The Kier molecular flexibility index (Phi) is 5.11. The van der Waals surface area contributed by atoms with Crippen LogP contribution in [0.1, 0.15) is 26.7 Å². The smallest absolute Gasteiger partial charge is 0.0622 e. The van der Waals surface area contributed by atoms with Crippen LogP contribution in [-0.4, -0.2) is 21.3 Å². The van der Waals surface area contributed by atoms with E-state index in [0.29, 0.717) is 24.3 Å². The monoisotopic (exact) mass is 188 g/mol. The highest BCUT2D eigenvalue weighted by molar-refractivity contribution is 7.85. The van der Waals surface area contributed by atoms with Crippen LogP contribution in [0.4, 0.5) is 0 Å². The first-order valence-electron chi connectivity index (χ1n) is 3.96. The number of nitrogens with two attached hydrogens (primary N) is 1. The second-order valence-electron chi connectivity index (χ2n) is 3.54. The van der Waals surface area contributed by atoms with Gasteiger partial charge in [0, 0.05) is 34.3 Å². The van der Waals surface area contributed by atoms with Crippen molar-refractivity contribution in [3.05, 3.63) is 0 Å². The number of nitriles is 1. The Hall–Kier alpha value is -0.400. The van der Waals surface area contributed by atoms with E-state index < -0.39 is 10.8 Å². The third kappa shape index (κ3) is 7.70. The van der Waals surface area contributed by atoms with E-state index >= 15 is 0 Å². The molecule has 1 unspecified atom stereocenters. The van der Waals surface area contributed by atoms with Gasteiger partial charge in [-0.15, -0.1) is 0 Å². The molecular formula is C8H16N2OS. The fourth-order valence-electron chi connectivity index (χ4n) is 0.799. The lowest BCUT2D eigenvalue weighted by Gasteiger charge is -2.16. The lowest BCUT2D eigenvalue weighted by Crippen LogP contribution is -2.38. The molecule has 0 aliphatic carbocycles. The molecule has 0 saturated carbocycles. The molecular weight excluding hydrogens is 172 g/mol. The number of hydrogen-bond donors (Lipinski definition) is 1. The SMILES string of the molecule is CC(C)(N)CS(=O)CCCC#N. The molecule has 0 aromatic rings. The van der Waals surface area contributed by atoms with Crippen LogP contribution in [0.5, 0.6) is 0 Å². The zero-order chi connectivity index (χ0) is 9.61. The topological polar surface area (TPSA) is 66.9 Å². The van der Waals surface area contributed by atoms with E-state index in [9.17, 15) is 4.21 Å². The van der Waals surface area contributed by atoms with Crippen molar-refractivity contribution in [3.63, 3.8) is 0 Å². The highest BCUT2D eigenvalue weighted by Crippen LogP contribution is 2.01. The average Bonchev–Trinajstić information content (AvgIpc) is 1.84. The lowest BCUT2D eigenvalue weighted by atomic mass is 10.1. The summed E-state index contributed by atoms with van der Waals surface area (Å²) < 4.78 is 11.3. The van der Waals surface area contributed by atoms with Crippen LogP contribution in [-0.2, 0) is 10.8 Å². The quantitative estimate of drug-likeness (QED) is 0.648. The lowest BCUT2D eigenvalue weighted by molar-refractivity contribution is 0.577. The second-order valence-corrected chi connectivity index (χ2v) is 5.12. The first kappa shape index (κ1) is 11.6. The van der Waals surface area contributed by atoms with Crippen molar-refractivity contribution in [2.75, 3.05) is 11.5 Å². The molecule has 0 aliphatic rings. The molecule has 4 heteroatoms. The Morgan fingerprint density at radius 1 is 1.58 bits per heavy atom. The largest absolute Gasteiger partial charge is 0.325 e. The molecule has 0 amide bonds. The highest BCUT2D eigenvalue weighted by Gasteiger charge is 2.14. The van der Waals surface area contributed by atoms with E-state index in [1.165, 1.54) is 0 Å². The second kappa shape index (κ2) is 5.28. The molecule has 0 radical (unpaired) electrons. The number of nitrogens with zero attached hydrogens (tertiary/aromatic N) is 1. The summed E-state index contributed by atoms with van der Waals surface area (Å²) in [6.45, 7) is 3.71. The third-order valence-corrected chi connectivity index (χ3v) is 3.00. The minimum atomic E-state index is -0.867. The normalized spacial score (nSPS) is 13.8. The van der Waals surface area contributed by atoms with Gasteiger partial charge in [-0.05, 0) is 20.3 Å². The van der Waals surface area contributed by atoms with Gasteiger partial charge < -0.3 is 5.73 Å². The molecule has 0 heterocycles. The van der Waals surface area contributed by atoms with E-state index in [-0.39, 0.29) is 5.54 Å². The van der Waals surface area contributed by atoms with Gasteiger partial charge in [0.25, 0.3) is 0 Å². The Labute approximate surface area is 76.4 Å². The van der Waals surface area contributed by atoms with Gasteiger partial charge in [-0.2, -0.15) is 5.26 Å². The minimum Gasteiger partial charge on any atom is -0.325 e. The molecule has 0 fully saturated rings. The van der Waals surface area contributed by atoms with Crippen molar-refractivity contribution in [2.45, 2.75) is 32.2 Å². The maximum absolute atomic E-state index is 11.3. The summed E-state index contributed by atoms with van der Waals surface area (Å²) in [6.07, 6.45) is 1.19. The summed E-state index contributed by atoms with van der Waals surface area (Å²) in [7, 11) is -0.867. The van der Waals surface area contributed by atoms with Crippen LogP contribution < -0.4 is 5.73 Å². The van der Waals surface area contributed by atoms with Crippen LogP contribution in [0.25, 0.3) is 0 Å². The Bertz CT molecular complexity index is 190. The summed E-state index contributed by atoms with van der Waals surface area (Å²) in [5.74, 6) is 1.10. The van der Waals surface area contributed by atoms with Gasteiger partial charge in [0.15, 0.2) is 0 Å². The third-order valence-electron chi connectivity index (χ3n) is 1.19. The van der Waals surface area contributed by atoms with Gasteiger partial charge in [0.05, 0.1) is 6.07 Å². The van der Waals surface area contributed by atoms with Crippen LogP contribution in [0.2, 0.25) is 0 Å². The van der Waals surface area contributed by atoms with Crippen molar-refractivity contribution in [2.24, 2.45) is 5.73 Å². The molecule has 0 aromatic heterocycles. The van der Waals surface area contributed by atoms with Gasteiger partial charge in [0.1, 0.15) is 0 Å². The molecule has 12 heavy (non-hydrogen) atoms. The zero-order valence-electron chi connectivity index (χ0n) is 7.67. The fourth-order valence-corrected chi connectivity index (χ4v) is 2.24. The molecule has 2 N–H and O–H groups in total. The van der Waals surface area contributed by atoms with Crippen LogP contribution in [0.15, 0.2) is 0 Å². The summed E-state index contributed by atoms with van der Waals surface area (Å²) >= 11 is 0. The predicted molar refractivity (Wildman–Crippen MR) is 51.0 cm³/mol. The summed E-state index contributed by atoms with van der Waals surface area (Å²) in [4.78, 5) is 0. The summed E-state index contributed by atoms with van der Waals surface area (Å²) in [6, 6.07) is 2.02. The minimum absolute atomic E-state index is 0.364. The van der Waals surface area contributed by atoms with E-state index in [0.717, 1.165) is 0 Å².